The van der Waals surface area contributed by atoms with Crippen LogP contribution in [0.25, 0.3) is 0 Å². The molecule has 6 heteroatoms. The first-order valence-electron chi connectivity index (χ1n) is 9.98. The van der Waals surface area contributed by atoms with E-state index < -0.39 is 6.04 Å². The lowest BCUT2D eigenvalue weighted by Crippen LogP contribution is -2.44. The fraction of sp³-hybridized carbons (Fsp3) is 0.435. The lowest BCUT2D eigenvalue weighted by atomic mass is 10.0. The van der Waals surface area contributed by atoms with E-state index in [2.05, 4.69) is 5.32 Å². The van der Waals surface area contributed by atoms with Crippen molar-refractivity contribution in [2.75, 3.05) is 20.3 Å². The number of hydrogen-bond donors (Lipinski definition) is 2. The first-order valence-corrected chi connectivity index (χ1v) is 10.4. The predicted octanol–water partition coefficient (Wildman–Crippen LogP) is 4.00. The van der Waals surface area contributed by atoms with E-state index in [1.165, 1.54) is 0 Å². The van der Waals surface area contributed by atoms with Crippen LogP contribution in [0.4, 0.5) is 0 Å². The number of aryl methyl sites for hydroxylation is 1. The zero-order chi connectivity index (χ0) is 21.2. The highest BCUT2D eigenvalue weighted by atomic mass is 35.5. The average Bonchev–Trinajstić information content (AvgIpc) is 2.72. The van der Waals surface area contributed by atoms with Gasteiger partial charge in [-0.2, -0.15) is 0 Å². The first kappa shape index (κ1) is 23.0. The van der Waals surface area contributed by atoms with Gasteiger partial charge in [0.1, 0.15) is 0 Å². The highest BCUT2D eigenvalue weighted by Crippen LogP contribution is 2.28. The van der Waals surface area contributed by atoms with E-state index in [1.807, 2.05) is 56.3 Å². The number of nitrogens with one attached hydrogen (secondary N) is 1. The molecule has 0 saturated heterocycles. The van der Waals surface area contributed by atoms with Crippen LogP contribution in [-0.4, -0.2) is 32.2 Å². The quantitative estimate of drug-likeness (QED) is 0.541. The monoisotopic (exact) mass is 418 g/mol. The van der Waals surface area contributed by atoms with Gasteiger partial charge in [-0.25, -0.2) is 0 Å². The van der Waals surface area contributed by atoms with Crippen LogP contribution in [0.15, 0.2) is 42.5 Å². The summed E-state index contributed by atoms with van der Waals surface area (Å²) in [4.78, 5) is 11.9. The van der Waals surface area contributed by atoms with Crippen LogP contribution in [0.5, 0.6) is 11.5 Å². The molecule has 0 aromatic heterocycles. The van der Waals surface area contributed by atoms with Crippen molar-refractivity contribution in [2.45, 2.75) is 39.2 Å². The van der Waals surface area contributed by atoms with E-state index in [-0.39, 0.29) is 11.8 Å². The van der Waals surface area contributed by atoms with Crippen LogP contribution in [-0.2, 0) is 17.6 Å². The number of carbonyl (C=O) groups is 1. The Morgan fingerprint density at radius 3 is 2.59 bits per heavy atom. The predicted molar refractivity (Wildman–Crippen MR) is 118 cm³/mol. The zero-order valence-corrected chi connectivity index (χ0v) is 18.2. The fourth-order valence-electron chi connectivity index (χ4n) is 2.88. The number of halogens is 1. The summed E-state index contributed by atoms with van der Waals surface area (Å²) < 4.78 is 11.4. The van der Waals surface area contributed by atoms with Crippen molar-refractivity contribution in [3.8, 4) is 11.5 Å². The molecule has 1 atom stereocenters. The zero-order valence-electron chi connectivity index (χ0n) is 17.4. The van der Waals surface area contributed by atoms with Crippen molar-refractivity contribution in [2.24, 2.45) is 11.7 Å². The molecule has 0 spiro atoms. The molecule has 0 aliphatic carbocycles. The number of amides is 1. The summed E-state index contributed by atoms with van der Waals surface area (Å²) in [7, 11) is 1.62. The number of benzene rings is 2. The Labute approximate surface area is 178 Å². The molecule has 2 aromatic carbocycles. The second-order valence-electron chi connectivity index (χ2n) is 7.34. The molecular formula is C23H31ClN2O3. The van der Waals surface area contributed by atoms with E-state index in [4.69, 9.17) is 26.8 Å². The van der Waals surface area contributed by atoms with Gasteiger partial charge in [-0.1, -0.05) is 49.7 Å². The molecule has 0 saturated carbocycles. The van der Waals surface area contributed by atoms with Crippen LogP contribution in [0.2, 0.25) is 5.02 Å². The van der Waals surface area contributed by atoms with Gasteiger partial charge >= 0.3 is 0 Å². The molecule has 158 valence electrons. The number of carbonyl (C=O) groups excluding carboxylic acids is 1. The minimum Gasteiger partial charge on any atom is -0.493 e. The maximum Gasteiger partial charge on any atom is 0.237 e. The molecule has 0 aliphatic heterocycles. The molecule has 2 aromatic rings. The third kappa shape index (κ3) is 7.26. The van der Waals surface area contributed by atoms with Gasteiger partial charge in [0.05, 0.1) is 19.8 Å². The molecule has 1 amide bonds. The normalized spacial score (nSPS) is 11.9. The van der Waals surface area contributed by atoms with Gasteiger partial charge in [-0.15, -0.1) is 0 Å². The van der Waals surface area contributed by atoms with E-state index >= 15 is 0 Å². The molecular weight excluding hydrogens is 388 g/mol. The smallest absolute Gasteiger partial charge is 0.237 e. The minimum absolute atomic E-state index is 0.115. The van der Waals surface area contributed by atoms with Crippen molar-refractivity contribution in [1.29, 1.82) is 0 Å². The topological polar surface area (TPSA) is 73.6 Å². The van der Waals surface area contributed by atoms with Crippen LogP contribution >= 0.6 is 11.6 Å². The lowest BCUT2D eigenvalue weighted by Gasteiger charge is -2.16. The summed E-state index contributed by atoms with van der Waals surface area (Å²) >= 11 is 6.19. The molecule has 1 unspecified atom stereocenters. The van der Waals surface area contributed by atoms with E-state index in [1.54, 1.807) is 7.11 Å². The van der Waals surface area contributed by atoms with Crippen molar-refractivity contribution < 1.29 is 14.3 Å². The maximum atomic E-state index is 11.9. The number of methoxy groups -OCH3 is 1. The summed E-state index contributed by atoms with van der Waals surface area (Å²) in [6, 6.07) is 13.2. The second kappa shape index (κ2) is 11.7. The van der Waals surface area contributed by atoms with Gasteiger partial charge in [0.15, 0.2) is 11.5 Å². The number of ether oxygens (including phenoxy) is 2. The summed E-state index contributed by atoms with van der Waals surface area (Å²) in [6.07, 6.45) is 2.41. The standard InChI is InChI=1S/C23H31ClN2O3/c1-16(2)22(25)23(27)26-13-12-17-10-11-20(21(15-17)28-3)29-14-6-8-18-7-4-5-9-19(18)24/h4-5,7,9-11,15-16,22H,6,8,12-14,25H2,1-3H3,(H,26,27). The maximum absolute atomic E-state index is 11.9. The Morgan fingerprint density at radius 1 is 1.14 bits per heavy atom. The highest BCUT2D eigenvalue weighted by molar-refractivity contribution is 6.31. The third-order valence-electron chi connectivity index (χ3n) is 4.77. The molecule has 0 aliphatic rings. The van der Waals surface area contributed by atoms with Gasteiger partial charge in [-0.3, -0.25) is 4.79 Å². The molecule has 0 radical (unpaired) electrons. The van der Waals surface area contributed by atoms with Gasteiger partial charge in [0.2, 0.25) is 5.91 Å². The molecule has 3 N–H and O–H groups in total. The van der Waals surface area contributed by atoms with Crippen LogP contribution in [0.3, 0.4) is 0 Å². The SMILES string of the molecule is COc1cc(CCNC(=O)C(N)C(C)C)ccc1OCCCc1ccccc1Cl. The molecule has 5 nitrogen and oxygen atoms in total. The molecule has 2 rings (SSSR count). The lowest BCUT2D eigenvalue weighted by molar-refractivity contribution is -0.123. The fourth-order valence-corrected chi connectivity index (χ4v) is 3.11. The van der Waals surface area contributed by atoms with Crippen molar-refractivity contribution in [3.63, 3.8) is 0 Å². The number of nitrogens with two attached hydrogens (primary N) is 1. The molecule has 29 heavy (non-hydrogen) atoms. The van der Waals surface area contributed by atoms with Crippen molar-refractivity contribution >= 4 is 17.5 Å². The van der Waals surface area contributed by atoms with Crippen LogP contribution in [0, 0.1) is 5.92 Å². The van der Waals surface area contributed by atoms with Gasteiger partial charge < -0.3 is 20.5 Å². The van der Waals surface area contributed by atoms with Gasteiger partial charge in [-0.05, 0) is 54.5 Å². The number of rotatable bonds is 11. The van der Waals surface area contributed by atoms with Crippen LogP contribution < -0.4 is 20.5 Å². The van der Waals surface area contributed by atoms with Gasteiger partial charge in [0.25, 0.3) is 0 Å². The Balaban J connectivity index is 1.82. The first-order chi connectivity index (χ1) is 13.9. The second-order valence-corrected chi connectivity index (χ2v) is 7.75. The molecule has 0 bridgehead atoms. The highest BCUT2D eigenvalue weighted by Gasteiger charge is 2.16. The molecule has 0 heterocycles. The van der Waals surface area contributed by atoms with Gasteiger partial charge in [0, 0.05) is 11.6 Å². The number of hydrogen-bond acceptors (Lipinski definition) is 4. The average molecular weight is 419 g/mol. The van der Waals surface area contributed by atoms with Crippen molar-refractivity contribution in [3.05, 3.63) is 58.6 Å². The minimum atomic E-state index is -0.480. The van der Waals surface area contributed by atoms with E-state index in [9.17, 15) is 4.79 Å². The van der Waals surface area contributed by atoms with Crippen LogP contribution in [0.1, 0.15) is 31.4 Å². The van der Waals surface area contributed by atoms with Crippen molar-refractivity contribution in [1.82, 2.24) is 5.32 Å². The Bertz CT molecular complexity index is 795. The summed E-state index contributed by atoms with van der Waals surface area (Å²) in [5.74, 6) is 1.39. The largest absolute Gasteiger partial charge is 0.493 e. The van der Waals surface area contributed by atoms with E-state index in [0.717, 1.165) is 29.0 Å². The Kier molecular flexibility index (Phi) is 9.29. The Hall–Kier alpha value is -2.24. The summed E-state index contributed by atoms with van der Waals surface area (Å²) in [5.41, 5.74) is 8.04. The Morgan fingerprint density at radius 2 is 1.90 bits per heavy atom. The summed E-state index contributed by atoms with van der Waals surface area (Å²) in [6.45, 7) is 4.97. The van der Waals surface area contributed by atoms with E-state index in [0.29, 0.717) is 31.1 Å². The molecule has 0 fully saturated rings. The summed E-state index contributed by atoms with van der Waals surface area (Å²) in [5, 5.41) is 3.67. The third-order valence-corrected chi connectivity index (χ3v) is 5.14.